The Morgan fingerprint density at radius 1 is 1.15 bits per heavy atom. The van der Waals surface area contributed by atoms with Crippen molar-refractivity contribution in [3.8, 4) is 11.4 Å². The Morgan fingerprint density at radius 2 is 1.92 bits per heavy atom. The molecule has 4 rings (SSSR count). The number of likely N-dealkylation sites (tertiary alicyclic amines) is 1. The largest absolute Gasteiger partial charge is 0.339 e. The highest BCUT2D eigenvalue weighted by Gasteiger charge is 2.35. The van der Waals surface area contributed by atoms with E-state index in [-0.39, 0.29) is 11.9 Å². The number of nitrogens with zero attached hydrogens (tertiary/aromatic N) is 4. The molecule has 0 radical (unpaired) electrons. The molecule has 1 aliphatic rings. The van der Waals surface area contributed by atoms with Gasteiger partial charge in [0.05, 0.1) is 16.0 Å². The summed E-state index contributed by atoms with van der Waals surface area (Å²) in [6.07, 6.45) is 3.34. The van der Waals surface area contributed by atoms with E-state index in [0.717, 1.165) is 5.56 Å². The van der Waals surface area contributed by atoms with Crippen LogP contribution in [-0.4, -0.2) is 39.1 Å². The Balaban J connectivity index is 1.36. The number of anilines is 1. The van der Waals surface area contributed by atoms with Crippen molar-refractivity contribution in [1.29, 1.82) is 0 Å². The number of carbonyl (C=O) groups excluding carboxylic acids is 1. The van der Waals surface area contributed by atoms with Crippen LogP contribution in [0.4, 0.5) is 10.5 Å². The minimum atomic E-state index is -0.214. The summed E-state index contributed by atoms with van der Waals surface area (Å²) in [5.41, 5.74) is 1.43. The van der Waals surface area contributed by atoms with Crippen LogP contribution >= 0.6 is 23.2 Å². The minimum absolute atomic E-state index is 0.0256. The van der Waals surface area contributed by atoms with Gasteiger partial charge in [-0.15, -0.1) is 0 Å². The van der Waals surface area contributed by atoms with Crippen LogP contribution in [0.2, 0.25) is 10.0 Å². The molecule has 1 aliphatic heterocycles. The Morgan fingerprint density at radius 3 is 2.65 bits per heavy atom. The van der Waals surface area contributed by atoms with Gasteiger partial charge in [0.25, 0.3) is 0 Å². The quantitative estimate of drug-likeness (QED) is 0.729. The molecule has 0 aliphatic carbocycles. The van der Waals surface area contributed by atoms with Crippen molar-refractivity contribution in [2.24, 2.45) is 0 Å². The molecule has 0 bridgehead atoms. The number of carbonyl (C=O) groups is 1. The molecule has 7 nitrogen and oxygen atoms in total. The molecule has 1 aromatic carbocycles. The molecule has 1 N–H and O–H groups in total. The van der Waals surface area contributed by atoms with Gasteiger partial charge in [-0.05, 0) is 30.3 Å². The summed E-state index contributed by atoms with van der Waals surface area (Å²) < 4.78 is 5.33. The van der Waals surface area contributed by atoms with E-state index in [4.69, 9.17) is 27.7 Å². The highest BCUT2D eigenvalue weighted by atomic mass is 35.5. The Labute approximate surface area is 158 Å². The first kappa shape index (κ1) is 16.8. The first-order valence-electron chi connectivity index (χ1n) is 7.85. The number of rotatable bonds is 3. The highest BCUT2D eigenvalue weighted by Crippen LogP contribution is 2.29. The zero-order chi connectivity index (χ0) is 18.1. The fourth-order valence-corrected chi connectivity index (χ4v) is 2.89. The van der Waals surface area contributed by atoms with Crippen LogP contribution in [0.5, 0.6) is 0 Å². The van der Waals surface area contributed by atoms with Gasteiger partial charge in [-0.2, -0.15) is 4.98 Å². The summed E-state index contributed by atoms with van der Waals surface area (Å²) in [6, 6.07) is 8.35. The zero-order valence-corrected chi connectivity index (χ0v) is 14.9. The molecule has 2 aromatic heterocycles. The van der Waals surface area contributed by atoms with E-state index in [9.17, 15) is 4.79 Å². The number of nitrogens with one attached hydrogen (secondary N) is 1. The molecular weight excluding hydrogens is 377 g/mol. The van der Waals surface area contributed by atoms with E-state index in [1.165, 1.54) is 0 Å². The van der Waals surface area contributed by atoms with Crippen molar-refractivity contribution in [2.45, 2.75) is 5.92 Å². The van der Waals surface area contributed by atoms with E-state index in [1.54, 1.807) is 35.5 Å². The lowest BCUT2D eigenvalue weighted by molar-refractivity contribution is 0.147. The van der Waals surface area contributed by atoms with Gasteiger partial charge in [0.1, 0.15) is 0 Å². The number of pyridine rings is 1. The summed E-state index contributed by atoms with van der Waals surface area (Å²) in [7, 11) is 0. The predicted octanol–water partition coefficient (Wildman–Crippen LogP) is 4.07. The molecule has 132 valence electrons. The van der Waals surface area contributed by atoms with Crippen molar-refractivity contribution in [3.63, 3.8) is 0 Å². The summed E-state index contributed by atoms with van der Waals surface area (Å²) >= 11 is 11.8. The smallest absolute Gasteiger partial charge is 0.321 e. The number of amides is 2. The second-order valence-electron chi connectivity index (χ2n) is 5.85. The lowest BCUT2D eigenvalue weighted by atomic mass is 10.0. The van der Waals surface area contributed by atoms with Crippen LogP contribution in [0, 0.1) is 0 Å². The number of hydrogen-bond donors (Lipinski definition) is 1. The minimum Gasteiger partial charge on any atom is -0.339 e. The molecule has 26 heavy (non-hydrogen) atoms. The third-order valence-electron chi connectivity index (χ3n) is 4.07. The van der Waals surface area contributed by atoms with Crippen molar-refractivity contribution in [1.82, 2.24) is 20.0 Å². The fourth-order valence-electron chi connectivity index (χ4n) is 2.60. The Bertz CT molecular complexity index is 941. The van der Waals surface area contributed by atoms with Crippen LogP contribution in [0.15, 0.2) is 47.2 Å². The van der Waals surface area contributed by atoms with Crippen molar-refractivity contribution in [3.05, 3.63) is 58.7 Å². The Hall–Kier alpha value is -2.64. The monoisotopic (exact) mass is 389 g/mol. The van der Waals surface area contributed by atoms with E-state index in [0.29, 0.717) is 40.5 Å². The molecule has 0 spiro atoms. The molecule has 0 atom stereocenters. The summed E-state index contributed by atoms with van der Waals surface area (Å²) in [6.45, 7) is 1.01. The maximum atomic E-state index is 12.3. The molecule has 9 heteroatoms. The van der Waals surface area contributed by atoms with E-state index < -0.39 is 0 Å². The zero-order valence-electron chi connectivity index (χ0n) is 13.4. The molecule has 0 unspecified atom stereocenters. The van der Waals surface area contributed by atoms with Crippen LogP contribution in [-0.2, 0) is 0 Å². The average Bonchev–Trinajstić information content (AvgIpc) is 3.07. The molecule has 1 fully saturated rings. The number of aromatic nitrogens is 3. The van der Waals surface area contributed by atoms with Crippen LogP contribution in [0.25, 0.3) is 11.4 Å². The second-order valence-corrected chi connectivity index (χ2v) is 6.67. The van der Waals surface area contributed by atoms with E-state index in [1.807, 2.05) is 12.1 Å². The maximum Gasteiger partial charge on any atom is 0.321 e. The van der Waals surface area contributed by atoms with Gasteiger partial charge in [0, 0.05) is 36.7 Å². The summed E-state index contributed by atoms with van der Waals surface area (Å²) in [4.78, 5) is 22.3. The molecule has 0 saturated carbocycles. The summed E-state index contributed by atoms with van der Waals surface area (Å²) in [5.74, 6) is 1.06. The van der Waals surface area contributed by atoms with Crippen LogP contribution in [0.1, 0.15) is 11.8 Å². The van der Waals surface area contributed by atoms with Crippen molar-refractivity contribution >= 4 is 34.9 Å². The molecule has 2 amide bonds. The molecule has 1 saturated heterocycles. The average molecular weight is 390 g/mol. The lowest BCUT2D eigenvalue weighted by Crippen LogP contribution is -2.50. The topological polar surface area (TPSA) is 84.2 Å². The van der Waals surface area contributed by atoms with Crippen molar-refractivity contribution < 1.29 is 9.32 Å². The lowest BCUT2D eigenvalue weighted by Gasteiger charge is -2.36. The first-order valence-corrected chi connectivity index (χ1v) is 8.61. The number of benzene rings is 1. The Kier molecular flexibility index (Phi) is 4.48. The van der Waals surface area contributed by atoms with Crippen LogP contribution in [0.3, 0.4) is 0 Å². The van der Waals surface area contributed by atoms with E-state index >= 15 is 0 Å². The summed E-state index contributed by atoms with van der Waals surface area (Å²) in [5, 5.41) is 7.60. The SMILES string of the molecule is O=C(Nc1ccc(Cl)c(Cl)c1)N1CC(c2nc(-c3ccncc3)no2)C1. The fraction of sp³-hybridized carbons (Fsp3) is 0.176. The first-order chi connectivity index (χ1) is 12.6. The maximum absolute atomic E-state index is 12.3. The van der Waals surface area contributed by atoms with Gasteiger partial charge in [0.15, 0.2) is 0 Å². The predicted molar refractivity (Wildman–Crippen MR) is 97.3 cm³/mol. The molecule has 3 aromatic rings. The van der Waals surface area contributed by atoms with Gasteiger partial charge in [-0.1, -0.05) is 28.4 Å². The van der Waals surface area contributed by atoms with Gasteiger partial charge in [0.2, 0.25) is 11.7 Å². The van der Waals surface area contributed by atoms with Gasteiger partial charge in [-0.25, -0.2) is 4.79 Å². The molecule has 3 heterocycles. The standard InChI is InChI=1S/C17H13Cl2N5O2/c18-13-2-1-12(7-14(13)19)21-17(25)24-8-11(9-24)16-22-15(23-26-16)10-3-5-20-6-4-10/h1-7,11H,8-9H2,(H,21,25). The number of hydrogen-bond acceptors (Lipinski definition) is 5. The van der Waals surface area contributed by atoms with Gasteiger partial charge < -0.3 is 14.7 Å². The van der Waals surface area contributed by atoms with Gasteiger partial charge >= 0.3 is 6.03 Å². The second kappa shape index (κ2) is 6.93. The molecular formula is C17H13Cl2N5O2. The van der Waals surface area contributed by atoms with Gasteiger partial charge in [-0.3, -0.25) is 4.98 Å². The highest BCUT2D eigenvalue weighted by molar-refractivity contribution is 6.42. The normalized spacial score (nSPS) is 14.2. The number of halogens is 2. The van der Waals surface area contributed by atoms with E-state index in [2.05, 4.69) is 20.4 Å². The van der Waals surface area contributed by atoms with Crippen molar-refractivity contribution in [2.75, 3.05) is 18.4 Å². The third-order valence-corrected chi connectivity index (χ3v) is 4.81. The third kappa shape index (κ3) is 3.36. The van der Waals surface area contributed by atoms with Crippen LogP contribution < -0.4 is 5.32 Å². The number of urea groups is 1.